The molecule has 1 aliphatic rings. The minimum atomic E-state index is 0.126. The van der Waals surface area contributed by atoms with Gasteiger partial charge in [0, 0.05) is 12.0 Å². The minimum absolute atomic E-state index is 0.126. The van der Waals surface area contributed by atoms with Crippen molar-refractivity contribution in [1.82, 2.24) is 5.43 Å². The number of phenols is 1. The summed E-state index contributed by atoms with van der Waals surface area (Å²) >= 11 is 0. The van der Waals surface area contributed by atoms with Crippen LogP contribution in [0.15, 0.2) is 41.5 Å². The first-order valence-corrected chi connectivity index (χ1v) is 7.94. The first kappa shape index (κ1) is 15.4. The molecule has 120 valence electrons. The Morgan fingerprint density at radius 2 is 1.96 bits per heavy atom. The molecule has 0 saturated heterocycles. The number of rotatable bonds is 4. The van der Waals surface area contributed by atoms with E-state index in [0.717, 1.165) is 40.1 Å². The van der Waals surface area contributed by atoms with Crippen molar-refractivity contribution in [1.29, 1.82) is 0 Å². The monoisotopic (exact) mass is 310 g/mol. The number of ether oxygens (including phenoxy) is 1. The maximum Gasteiger partial charge on any atom is 0.127 e. The molecule has 4 nitrogen and oxygen atoms in total. The number of nitrogens with zero attached hydrogens (tertiary/aromatic N) is 1. The van der Waals surface area contributed by atoms with Crippen LogP contribution >= 0.6 is 0 Å². The van der Waals surface area contributed by atoms with Gasteiger partial charge in [-0.2, -0.15) is 5.10 Å². The third-order valence-electron chi connectivity index (χ3n) is 4.10. The van der Waals surface area contributed by atoms with Gasteiger partial charge in [-0.1, -0.05) is 18.2 Å². The number of phenolic OH excluding ortho intramolecular Hbond substituents is 1. The fourth-order valence-electron chi connectivity index (χ4n) is 2.95. The lowest BCUT2D eigenvalue weighted by molar-refractivity contribution is 0.340. The molecule has 1 atom stereocenters. The molecule has 4 heteroatoms. The third-order valence-corrected chi connectivity index (χ3v) is 4.10. The first-order chi connectivity index (χ1) is 11.1. The second-order valence-electron chi connectivity index (χ2n) is 5.92. The molecule has 0 spiro atoms. The quantitative estimate of drug-likeness (QED) is 0.902. The van der Waals surface area contributed by atoms with Crippen LogP contribution in [0.25, 0.3) is 0 Å². The Kier molecular flexibility index (Phi) is 4.24. The van der Waals surface area contributed by atoms with E-state index < -0.39 is 0 Å². The maximum atomic E-state index is 10.3. The molecule has 0 amide bonds. The van der Waals surface area contributed by atoms with E-state index in [1.165, 1.54) is 0 Å². The summed E-state index contributed by atoms with van der Waals surface area (Å²) in [5, 5.41) is 14.8. The molecular weight excluding hydrogens is 288 g/mol. The summed E-state index contributed by atoms with van der Waals surface area (Å²) < 4.78 is 5.47. The van der Waals surface area contributed by atoms with Crippen molar-refractivity contribution in [3.05, 3.63) is 58.7 Å². The number of aromatic hydroxyl groups is 1. The van der Waals surface area contributed by atoms with Crippen molar-refractivity contribution in [3.63, 3.8) is 0 Å². The van der Waals surface area contributed by atoms with Crippen LogP contribution in [0.1, 0.15) is 41.6 Å². The molecule has 1 aliphatic heterocycles. The lowest BCUT2D eigenvalue weighted by Gasteiger charge is -2.12. The number of aryl methyl sites for hydroxylation is 2. The normalized spacial score (nSPS) is 16.8. The van der Waals surface area contributed by atoms with E-state index in [-0.39, 0.29) is 6.04 Å². The van der Waals surface area contributed by atoms with Crippen LogP contribution in [0, 0.1) is 13.8 Å². The van der Waals surface area contributed by atoms with Crippen LogP contribution in [-0.4, -0.2) is 17.4 Å². The van der Waals surface area contributed by atoms with Crippen molar-refractivity contribution in [2.24, 2.45) is 5.10 Å². The molecule has 1 heterocycles. The average molecular weight is 310 g/mol. The van der Waals surface area contributed by atoms with E-state index >= 15 is 0 Å². The number of hydrazone groups is 1. The van der Waals surface area contributed by atoms with Gasteiger partial charge in [-0.25, -0.2) is 0 Å². The third kappa shape index (κ3) is 3.16. The molecule has 0 aliphatic carbocycles. The number of benzene rings is 2. The van der Waals surface area contributed by atoms with E-state index in [2.05, 4.69) is 22.7 Å². The standard InChI is InChI=1S/C19H22N2O2/c1-4-23-15-7-5-14(6-8-15)17-11-18(21-20-17)16-10-12(2)9-13(3)19(16)22/h5-10,17,20,22H,4,11H2,1-3H3/t17-/m1/s1. The van der Waals surface area contributed by atoms with Crippen LogP contribution in [0.4, 0.5) is 0 Å². The SMILES string of the molecule is CCOc1ccc([C@H]2CC(c3cc(C)cc(C)c3O)=NN2)cc1. The topological polar surface area (TPSA) is 53.9 Å². The van der Waals surface area contributed by atoms with E-state index in [1.807, 2.05) is 45.0 Å². The molecule has 0 aromatic heterocycles. The molecular formula is C19H22N2O2. The summed E-state index contributed by atoms with van der Waals surface area (Å²) in [5.74, 6) is 1.20. The van der Waals surface area contributed by atoms with Gasteiger partial charge in [0.2, 0.25) is 0 Å². The fourth-order valence-corrected chi connectivity index (χ4v) is 2.95. The van der Waals surface area contributed by atoms with Gasteiger partial charge >= 0.3 is 0 Å². The van der Waals surface area contributed by atoms with Crippen LogP contribution in [0.3, 0.4) is 0 Å². The molecule has 0 saturated carbocycles. The van der Waals surface area contributed by atoms with Crippen molar-refractivity contribution >= 4 is 5.71 Å². The molecule has 2 N–H and O–H groups in total. The van der Waals surface area contributed by atoms with E-state index in [1.54, 1.807) is 0 Å². The summed E-state index contributed by atoms with van der Waals surface area (Å²) in [6.07, 6.45) is 0.754. The highest BCUT2D eigenvalue weighted by molar-refractivity contribution is 6.04. The summed E-state index contributed by atoms with van der Waals surface area (Å²) in [4.78, 5) is 0. The maximum absolute atomic E-state index is 10.3. The Morgan fingerprint density at radius 1 is 1.22 bits per heavy atom. The summed E-state index contributed by atoms with van der Waals surface area (Å²) in [7, 11) is 0. The Bertz CT molecular complexity index is 736. The van der Waals surface area contributed by atoms with Gasteiger partial charge in [0.25, 0.3) is 0 Å². The van der Waals surface area contributed by atoms with Crippen LogP contribution in [0.5, 0.6) is 11.5 Å². The Hall–Kier alpha value is -2.49. The Morgan fingerprint density at radius 3 is 2.65 bits per heavy atom. The molecule has 0 bridgehead atoms. The number of hydrogen-bond acceptors (Lipinski definition) is 4. The molecule has 2 aromatic rings. The van der Waals surface area contributed by atoms with Gasteiger partial charge in [-0.15, -0.1) is 0 Å². The predicted octanol–water partition coefficient (Wildman–Crippen LogP) is 3.85. The highest BCUT2D eigenvalue weighted by Gasteiger charge is 2.23. The number of hydrogen-bond donors (Lipinski definition) is 2. The zero-order valence-electron chi connectivity index (χ0n) is 13.8. The van der Waals surface area contributed by atoms with Gasteiger partial charge in [-0.05, 0) is 55.7 Å². The van der Waals surface area contributed by atoms with Gasteiger partial charge in [0.15, 0.2) is 0 Å². The fraction of sp³-hybridized carbons (Fsp3) is 0.316. The van der Waals surface area contributed by atoms with Crippen LogP contribution < -0.4 is 10.2 Å². The molecule has 2 aromatic carbocycles. The zero-order valence-corrected chi connectivity index (χ0v) is 13.8. The summed E-state index contributed by atoms with van der Waals surface area (Å²) in [5.41, 5.74) is 8.07. The molecule has 0 fully saturated rings. The van der Waals surface area contributed by atoms with Gasteiger partial charge in [-0.3, -0.25) is 0 Å². The Balaban J connectivity index is 1.78. The van der Waals surface area contributed by atoms with E-state index in [9.17, 15) is 5.11 Å². The highest BCUT2D eigenvalue weighted by atomic mass is 16.5. The van der Waals surface area contributed by atoms with Crippen LogP contribution in [0.2, 0.25) is 0 Å². The van der Waals surface area contributed by atoms with Crippen molar-refractivity contribution in [2.45, 2.75) is 33.2 Å². The van der Waals surface area contributed by atoms with Gasteiger partial charge in [0.1, 0.15) is 11.5 Å². The summed E-state index contributed by atoms with van der Waals surface area (Å²) in [6.45, 7) is 6.59. The minimum Gasteiger partial charge on any atom is -0.507 e. The zero-order chi connectivity index (χ0) is 16.4. The number of nitrogens with one attached hydrogen (secondary N) is 1. The van der Waals surface area contributed by atoms with E-state index in [4.69, 9.17) is 4.74 Å². The average Bonchev–Trinajstić information content (AvgIpc) is 3.01. The van der Waals surface area contributed by atoms with Crippen molar-refractivity contribution < 1.29 is 9.84 Å². The van der Waals surface area contributed by atoms with Gasteiger partial charge < -0.3 is 15.3 Å². The van der Waals surface area contributed by atoms with Crippen molar-refractivity contribution in [3.8, 4) is 11.5 Å². The highest BCUT2D eigenvalue weighted by Crippen LogP contribution is 2.31. The second-order valence-corrected chi connectivity index (χ2v) is 5.92. The van der Waals surface area contributed by atoms with Crippen LogP contribution in [-0.2, 0) is 0 Å². The molecule has 0 unspecified atom stereocenters. The van der Waals surface area contributed by atoms with Crippen molar-refractivity contribution in [2.75, 3.05) is 6.61 Å². The first-order valence-electron chi connectivity index (χ1n) is 7.94. The summed E-state index contributed by atoms with van der Waals surface area (Å²) in [6, 6.07) is 12.2. The molecule has 23 heavy (non-hydrogen) atoms. The molecule has 0 radical (unpaired) electrons. The predicted molar refractivity (Wildman–Crippen MR) is 92.2 cm³/mol. The molecule has 3 rings (SSSR count). The smallest absolute Gasteiger partial charge is 0.127 e. The second kappa shape index (κ2) is 6.32. The largest absolute Gasteiger partial charge is 0.507 e. The lowest BCUT2D eigenvalue weighted by atomic mass is 9.96. The lowest BCUT2D eigenvalue weighted by Crippen LogP contribution is -2.10. The van der Waals surface area contributed by atoms with Gasteiger partial charge in [0.05, 0.1) is 18.4 Å². The Labute approximate surface area is 136 Å². The van der Waals surface area contributed by atoms with E-state index in [0.29, 0.717) is 12.4 Å².